The number of carbonyl (C=O) groups is 1. The number of aromatic nitrogens is 3. The summed E-state index contributed by atoms with van der Waals surface area (Å²) in [4.78, 5) is 17.0. The zero-order valence-corrected chi connectivity index (χ0v) is 23.0. The maximum atomic E-state index is 13.6. The third-order valence-corrected chi connectivity index (χ3v) is 6.78. The molecule has 1 atom stereocenters. The van der Waals surface area contributed by atoms with Crippen LogP contribution in [-0.4, -0.2) is 40.4 Å². The molecular weight excluding hydrogens is 577 g/mol. The van der Waals surface area contributed by atoms with Gasteiger partial charge in [0, 0.05) is 29.2 Å². The van der Waals surface area contributed by atoms with Crippen molar-refractivity contribution >= 4 is 29.0 Å². The predicted octanol–water partition coefficient (Wildman–Crippen LogP) is 7.07. The number of alkyl halides is 3. The fourth-order valence-electron chi connectivity index (χ4n) is 4.45. The van der Waals surface area contributed by atoms with Crippen LogP contribution in [0.15, 0.2) is 65.5 Å². The molecule has 2 amide bonds. The lowest BCUT2D eigenvalue weighted by molar-refractivity contribution is -0.137. The molecule has 1 unspecified atom stereocenters. The highest BCUT2D eigenvalue weighted by Gasteiger charge is 2.35. The van der Waals surface area contributed by atoms with Gasteiger partial charge in [-0.2, -0.15) is 13.2 Å². The first-order valence-electron chi connectivity index (χ1n) is 13.0. The highest BCUT2D eigenvalue weighted by molar-refractivity contribution is 6.31. The van der Waals surface area contributed by atoms with Crippen LogP contribution in [0.3, 0.4) is 0 Å². The number of ether oxygens (including phenoxy) is 2. The topological polar surface area (TPSA) is 123 Å². The summed E-state index contributed by atoms with van der Waals surface area (Å²) >= 11 is 6.01. The minimum absolute atomic E-state index is 0.0552. The summed E-state index contributed by atoms with van der Waals surface area (Å²) in [7, 11) is 0. The molecule has 1 aliphatic rings. The number of anilines is 2. The standard InChI is InChI=1S/C28H26ClF3N6O4/c1-16(41-19-6-9-33-10-7-19)21-13-23(29)22(28(30,31)32)14-24(21)37-27(39)36-17-2-4-18(5-3-17)42-20-8-11-34-25(12-20)26-38-35-15-40-26/h2-5,8,11-16,19,33H,6-7,9-10H2,1H3,(H2,36,37,39). The minimum Gasteiger partial charge on any atom is -0.457 e. The van der Waals surface area contributed by atoms with Gasteiger partial charge in [-0.15, -0.1) is 10.2 Å². The molecule has 3 heterocycles. The Morgan fingerprint density at radius 1 is 1.10 bits per heavy atom. The second-order valence-electron chi connectivity index (χ2n) is 9.47. The fourth-order valence-corrected chi connectivity index (χ4v) is 4.73. The summed E-state index contributed by atoms with van der Waals surface area (Å²) in [5.74, 6) is 1.17. The third-order valence-electron chi connectivity index (χ3n) is 6.47. The van der Waals surface area contributed by atoms with Crippen molar-refractivity contribution in [1.82, 2.24) is 20.5 Å². The monoisotopic (exact) mass is 602 g/mol. The van der Waals surface area contributed by atoms with Crippen LogP contribution in [0.2, 0.25) is 5.02 Å². The van der Waals surface area contributed by atoms with E-state index in [4.69, 9.17) is 25.5 Å². The zero-order valence-electron chi connectivity index (χ0n) is 22.2. The Morgan fingerprint density at radius 3 is 2.55 bits per heavy atom. The number of benzene rings is 2. The Kier molecular flexibility index (Phi) is 8.90. The van der Waals surface area contributed by atoms with Crippen molar-refractivity contribution < 1.29 is 31.9 Å². The minimum atomic E-state index is -4.71. The molecule has 0 spiro atoms. The van der Waals surface area contributed by atoms with Crippen LogP contribution in [0.25, 0.3) is 11.6 Å². The molecule has 1 saturated heterocycles. The van der Waals surface area contributed by atoms with Crippen molar-refractivity contribution in [2.75, 3.05) is 23.7 Å². The Balaban J connectivity index is 1.27. The number of pyridine rings is 1. The summed E-state index contributed by atoms with van der Waals surface area (Å²) in [6, 6.07) is 11.0. The molecule has 42 heavy (non-hydrogen) atoms. The Hall–Kier alpha value is -4.20. The third kappa shape index (κ3) is 7.35. The molecule has 0 aliphatic carbocycles. The van der Waals surface area contributed by atoms with Crippen LogP contribution >= 0.6 is 11.6 Å². The van der Waals surface area contributed by atoms with Crippen LogP contribution < -0.4 is 20.7 Å². The molecule has 14 heteroatoms. The van der Waals surface area contributed by atoms with Crippen LogP contribution in [0.4, 0.5) is 29.3 Å². The summed E-state index contributed by atoms with van der Waals surface area (Å²) in [6.07, 6.45) is -1.14. The van der Waals surface area contributed by atoms with Crippen molar-refractivity contribution in [1.29, 1.82) is 0 Å². The van der Waals surface area contributed by atoms with E-state index in [2.05, 4.69) is 31.1 Å². The van der Waals surface area contributed by atoms with E-state index in [1.165, 1.54) is 18.7 Å². The Bertz CT molecular complexity index is 1510. The van der Waals surface area contributed by atoms with Gasteiger partial charge in [0.15, 0.2) is 0 Å². The van der Waals surface area contributed by atoms with Gasteiger partial charge < -0.3 is 29.8 Å². The maximum Gasteiger partial charge on any atom is 0.417 e. The fraction of sp³-hybridized carbons (Fsp3) is 0.286. The predicted molar refractivity (Wildman–Crippen MR) is 149 cm³/mol. The van der Waals surface area contributed by atoms with Gasteiger partial charge in [-0.1, -0.05) is 11.6 Å². The molecule has 3 N–H and O–H groups in total. The molecule has 5 rings (SSSR count). The molecule has 4 aromatic rings. The van der Waals surface area contributed by atoms with Crippen molar-refractivity contribution in [2.45, 2.75) is 38.1 Å². The smallest absolute Gasteiger partial charge is 0.417 e. The molecule has 220 valence electrons. The molecule has 1 fully saturated rings. The van der Waals surface area contributed by atoms with E-state index in [1.807, 2.05) is 0 Å². The van der Waals surface area contributed by atoms with Gasteiger partial charge in [0.1, 0.15) is 17.2 Å². The quantitative estimate of drug-likeness (QED) is 0.196. The summed E-state index contributed by atoms with van der Waals surface area (Å²) < 4.78 is 58.0. The number of urea groups is 1. The first kappa shape index (κ1) is 29.3. The average Bonchev–Trinajstić information content (AvgIpc) is 3.50. The van der Waals surface area contributed by atoms with E-state index in [-0.39, 0.29) is 17.7 Å². The lowest BCUT2D eigenvalue weighted by Gasteiger charge is -2.28. The van der Waals surface area contributed by atoms with E-state index in [0.29, 0.717) is 28.4 Å². The number of hydrogen-bond donors (Lipinski definition) is 3. The number of nitrogens with one attached hydrogen (secondary N) is 3. The van der Waals surface area contributed by atoms with Crippen molar-refractivity contribution in [3.8, 4) is 23.1 Å². The van der Waals surface area contributed by atoms with Gasteiger partial charge in [-0.25, -0.2) is 4.79 Å². The highest BCUT2D eigenvalue weighted by atomic mass is 35.5. The molecule has 2 aromatic heterocycles. The molecule has 1 aliphatic heterocycles. The average molecular weight is 603 g/mol. The number of nitrogens with zero attached hydrogens (tertiary/aromatic N) is 3. The number of halogens is 4. The summed E-state index contributed by atoms with van der Waals surface area (Å²) in [5, 5.41) is 15.4. The van der Waals surface area contributed by atoms with Crippen LogP contribution in [0.5, 0.6) is 11.5 Å². The van der Waals surface area contributed by atoms with Crippen molar-refractivity contribution in [3.05, 3.63) is 77.3 Å². The van der Waals surface area contributed by atoms with Gasteiger partial charge in [0.25, 0.3) is 5.89 Å². The van der Waals surface area contributed by atoms with Gasteiger partial charge >= 0.3 is 12.2 Å². The molecular formula is C28H26ClF3N6O4. The van der Waals surface area contributed by atoms with E-state index in [0.717, 1.165) is 32.0 Å². The number of amides is 2. The molecule has 0 saturated carbocycles. The molecule has 2 aromatic carbocycles. The van der Waals surface area contributed by atoms with Crippen LogP contribution in [0, 0.1) is 0 Å². The summed E-state index contributed by atoms with van der Waals surface area (Å²) in [6.45, 7) is 3.29. The van der Waals surface area contributed by atoms with Crippen molar-refractivity contribution in [2.24, 2.45) is 0 Å². The van der Waals surface area contributed by atoms with Gasteiger partial charge in [-0.05, 0) is 75.3 Å². The van der Waals surface area contributed by atoms with E-state index < -0.39 is 28.9 Å². The SMILES string of the molecule is CC(OC1CCNCC1)c1cc(Cl)c(C(F)(F)F)cc1NC(=O)Nc1ccc(Oc2ccnc(-c3nnco3)c2)cc1. The number of hydrogen-bond acceptors (Lipinski definition) is 8. The van der Waals surface area contributed by atoms with Gasteiger partial charge in [0.05, 0.1) is 22.8 Å². The van der Waals surface area contributed by atoms with Crippen molar-refractivity contribution in [3.63, 3.8) is 0 Å². The Morgan fingerprint density at radius 2 is 1.86 bits per heavy atom. The van der Waals surface area contributed by atoms with E-state index >= 15 is 0 Å². The normalized spacial score (nSPS) is 14.8. The number of carbonyl (C=O) groups excluding carboxylic acids is 1. The molecule has 10 nitrogen and oxygen atoms in total. The van der Waals surface area contributed by atoms with Crippen LogP contribution in [0.1, 0.15) is 37.0 Å². The lowest BCUT2D eigenvalue weighted by atomic mass is 10.0. The largest absolute Gasteiger partial charge is 0.457 e. The lowest BCUT2D eigenvalue weighted by Crippen LogP contribution is -2.33. The van der Waals surface area contributed by atoms with E-state index in [9.17, 15) is 18.0 Å². The molecule has 0 bridgehead atoms. The summed E-state index contributed by atoms with van der Waals surface area (Å²) in [5.41, 5.74) is 0.0394. The first-order chi connectivity index (χ1) is 20.2. The van der Waals surface area contributed by atoms with E-state index in [1.54, 1.807) is 43.3 Å². The highest BCUT2D eigenvalue weighted by Crippen LogP contribution is 2.40. The Labute approximate surface area is 243 Å². The zero-order chi connectivity index (χ0) is 29.7. The first-order valence-corrected chi connectivity index (χ1v) is 13.4. The number of piperidine rings is 1. The molecule has 0 radical (unpaired) electrons. The van der Waals surface area contributed by atoms with Gasteiger partial charge in [0.2, 0.25) is 6.39 Å². The second-order valence-corrected chi connectivity index (χ2v) is 9.88. The maximum absolute atomic E-state index is 13.6. The number of rotatable bonds is 8. The second kappa shape index (κ2) is 12.8. The van der Waals surface area contributed by atoms with Gasteiger partial charge in [-0.3, -0.25) is 4.98 Å². The van der Waals surface area contributed by atoms with Crippen LogP contribution in [-0.2, 0) is 10.9 Å².